The van der Waals surface area contributed by atoms with Gasteiger partial charge in [0.05, 0.1) is 6.10 Å². The monoisotopic (exact) mass is 151 g/mol. The zero-order valence-corrected chi connectivity index (χ0v) is 5.68. The summed E-state index contributed by atoms with van der Waals surface area (Å²) < 4.78 is 0. The molecule has 0 aromatic rings. The van der Waals surface area contributed by atoms with Crippen molar-refractivity contribution in [3.05, 3.63) is 0 Å². The highest BCUT2D eigenvalue weighted by atomic mass is 16.5. The zero-order valence-electron chi connectivity index (χ0n) is 5.68. The first kappa shape index (κ1) is 9.80. The van der Waals surface area contributed by atoms with Crippen LogP contribution in [0, 0.1) is 0 Å². The molecule has 3 atom stereocenters. The van der Waals surface area contributed by atoms with Crippen molar-refractivity contribution >= 4 is 0 Å². The SMILES string of the molecule is CC(N)C(O)C(O)C(O)O. The Bertz CT molecular complexity index is 83.6. The minimum atomic E-state index is -1.94. The van der Waals surface area contributed by atoms with E-state index in [9.17, 15) is 0 Å². The molecule has 5 nitrogen and oxygen atoms in total. The second-order valence-electron chi connectivity index (χ2n) is 2.25. The highest BCUT2D eigenvalue weighted by Crippen LogP contribution is 2.00. The number of hydrogen-bond acceptors (Lipinski definition) is 5. The summed E-state index contributed by atoms with van der Waals surface area (Å²) in [5.41, 5.74) is 5.14. The van der Waals surface area contributed by atoms with Gasteiger partial charge >= 0.3 is 0 Å². The van der Waals surface area contributed by atoms with E-state index < -0.39 is 24.5 Å². The van der Waals surface area contributed by atoms with Gasteiger partial charge in [0.1, 0.15) is 6.10 Å². The van der Waals surface area contributed by atoms with Gasteiger partial charge < -0.3 is 26.2 Å². The molecule has 3 unspecified atom stereocenters. The van der Waals surface area contributed by atoms with Gasteiger partial charge in [0.25, 0.3) is 0 Å². The summed E-state index contributed by atoms with van der Waals surface area (Å²) in [7, 11) is 0. The maximum atomic E-state index is 8.87. The molecule has 0 aliphatic rings. The van der Waals surface area contributed by atoms with Crippen molar-refractivity contribution in [1.82, 2.24) is 0 Å². The average Bonchev–Trinajstić information content (AvgIpc) is 1.84. The Hall–Kier alpha value is -0.200. The molecule has 0 saturated heterocycles. The van der Waals surface area contributed by atoms with E-state index >= 15 is 0 Å². The summed E-state index contributed by atoms with van der Waals surface area (Å²) >= 11 is 0. The molecule has 0 bridgehead atoms. The van der Waals surface area contributed by atoms with E-state index in [4.69, 9.17) is 26.2 Å². The molecule has 10 heavy (non-hydrogen) atoms. The molecule has 0 amide bonds. The van der Waals surface area contributed by atoms with Crippen molar-refractivity contribution in [3.8, 4) is 0 Å². The fourth-order valence-corrected chi connectivity index (χ4v) is 0.487. The minimum Gasteiger partial charge on any atom is -0.389 e. The summed E-state index contributed by atoms with van der Waals surface area (Å²) in [6, 6.07) is -0.684. The maximum Gasteiger partial charge on any atom is 0.180 e. The van der Waals surface area contributed by atoms with Gasteiger partial charge in [-0.1, -0.05) is 0 Å². The van der Waals surface area contributed by atoms with E-state index in [1.807, 2.05) is 0 Å². The van der Waals surface area contributed by atoms with Gasteiger partial charge in [-0.15, -0.1) is 0 Å². The first-order chi connectivity index (χ1) is 4.46. The summed E-state index contributed by atoms with van der Waals surface area (Å²) in [5.74, 6) is 0. The molecule has 6 N–H and O–H groups in total. The predicted molar refractivity (Wildman–Crippen MR) is 33.9 cm³/mol. The van der Waals surface area contributed by atoms with E-state index in [0.29, 0.717) is 0 Å². The van der Waals surface area contributed by atoms with Crippen LogP contribution < -0.4 is 5.73 Å². The van der Waals surface area contributed by atoms with Gasteiger partial charge in [-0.3, -0.25) is 0 Å². The highest BCUT2D eigenvalue weighted by Gasteiger charge is 2.25. The maximum absolute atomic E-state index is 8.87. The Morgan fingerprint density at radius 3 is 1.50 bits per heavy atom. The second kappa shape index (κ2) is 3.85. The number of aliphatic hydroxyl groups excluding tert-OH is 3. The van der Waals surface area contributed by atoms with Gasteiger partial charge in [0.2, 0.25) is 0 Å². The van der Waals surface area contributed by atoms with Crippen molar-refractivity contribution in [1.29, 1.82) is 0 Å². The van der Waals surface area contributed by atoms with E-state index in [2.05, 4.69) is 0 Å². The number of nitrogens with two attached hydrogens (primary N) is 1. The lowest BCUT2D eigenvalue weighted by Crippen LogP contribution is -2.46. The third-order valence-corrected chi connectivity index (χ3v) is 1.19. The van der Waals surface area contributed by atoms with Gasteiger partial charge in [-0.05, 0) is 6.92 Å². The molecule has 5 heteroatoms. The molecule has 0 aromatic carbocycles. The normalized spacial score (nSPS) is 20.7. The third-order valence-electron chi connectivity index (χ3n) is 1.19. The zero-order chi connectivity index (χ0) is 8.31. The quantitative estimate of drug-likeness (QED) is 0.284. The molecule has 0 radical (unpaired) electrons. The van der Waals surface area contributed by atoms with Crippen LogP contribution in [-0.4, -0.2) is 45.0 Å². The Labute approximate surface area is 58.7 Å². The topological polar surface area (TPSA) is 107 Å². The van der Waals surface area contributed by atoms with E-state index in [0.717, 1.165) is 0 Å². The summed E-state index contributed by atoms with van der Waals surface area (Å²) in [6.45, 7) is 1.45. The molecular weight excluding hydrogens is 138 g/mol. The lowest BCUT2D eigenvalue weighted by atomic mass is 10.1. The van der Waals surface area contributed by atoms with Crippen LogP contribution >= 0.6 is 0 Å². The Kier molecular flexibility index (Phi) is 3.77. The standard InChI is InChI=1S/C5H13NO4/c1-2(6)3(7)4(8)5(9)10/h2-5,7-10H,6H2,1H3. The van der Waals surface area contributed by atoms with E-state index in [1.54, 1.807) is 0 Å². The van der Waals surface area contributed by atoms with Gasteiger partial charge in [0.15, 0.2) is 6.29 Å². The molecule has 0 heterocycles. The first-order valence-electron chi connectivity index (χ1n) is 2.94. The predicted octanol–water partition coefficient (Wildman–Crippen LogP) is -2.63. The summed E-state index contributed by atoms with van der Waals surface area (Å²) in [5, 5.41) is 34.3. The van der Waals surface area contributed by atoms with Crippen LogP contribution in [0.5, 0.6) is 0 Å². The van der Waals surface area contributed by atoms with Gasteiger partial charge in [-0.25, -0.2) is 0 Å². The molecule has 0 aromatic heterocycles. The van der Waals surface area contributed by atoms with Crippen LogP contribution in [0.4, 0.5) is 0 Å². The largest absolute Gasteiger partial charge is 0.389 e. The molecule has 0 aliphatic carbocycles. The first-order valence-corrected chi connectivity index (χ1v) is 2.94. The fraction of sp³-hybridized carbons (Fsp3) is 1.00. The lowest BCUT2D eigenvalue weighted by molar-refractivity contribution is -0.160. The van der Waals surface area contributed by atoms with Crippen molar-refractivity contribution in [2.75, 3.05) is 0 Å². The highest BCUT2D eigenvalue weighted by molar-refractivity contribution is 4.75. The van der Waals surface area contributed by atoms with E-state index in [-0.39, 0.29) is 0 Å². The van der Waals surface area contributed by atoms with Crippen LogP contribution in [0.2, 0.25) is 0 Å². The molecule has 0 rings (SSSR count). The minimum absolute atomic E-state index is 0.684. The van der Waals surface area contributed by atoms with Crippen LogP contribution in [0.3, 0.4) is 0 Å². The van der Waals surface area contributed by atoms with Crippen molar-refractivity contribution in [2.24, 2.45) is 5.73 Å². The molecule has 0 saturated carbocycles. The number of hydrogen-bond donors (Lipinski definition) is 5. The molecule has 62 valence electrons. The van der Waals surface area contributed by atoms with E-state index in [1.165, 1.54) is 6.92 Å². The molecular formula is C5H13NO4. The number of aliphatic hydroxyl groups is 4. The molecule has 0 spiro atoms. The van der Waals surface area contributed by atoms with Crippen LogP contribution in [0.25, 0.3) is 0 Å². The second-order valence-corrected chi connectivity index (χ2v) is 2.25. The molecule has 0 fully saturated rings. The Balaban J connectivity index is 3.81. The fourth-order valence-electron chi connectivity index (χ4n) is 0.487. The van der Waals surface area contributed by atoms with Crippen molar-refractivity contribution in [3.63, 3.8) is 0 Å². The lowest BCUT2D eigenvalue weighted by Gasteiger charge is -2.21. The average molecular weight is 151 g/mol. The van der Waals surface area contributed by atoms with Crippen LogP contribution in [0.1, 0.15) is 6.92 Å². The third kappa shape index (κ3) is 2.59. The van der Waals surface area contributed by atoms with Gasteiger partial charge in [-0.2, -0.15) is 0 Å². The molecule has 0 aliphatic heterocycles. The summed E-state index contributed by atoms with van der Waals surface area (Å²) in [6.07, 6.45) is -4.85. The van der Waals surface area contributed by atoms with Crippen LogP contribution in [0.15, 0.2) is 0 Å². The van der Waals surface area contributed by atoms with Crippen molar-refractivity contribution < 1.29 is 20.4 Å². The smallest absolute Gasteiger partial charge is 0.180 e. The number of rotatable bonds is 3. The van der Waals surface area contributed by atoms with Crippen LogP contribution in [-0.2, 0) is 0 Å². The Morgan fingerprint density at radius 1 is 1.00 bits per heavy atom. The van der Waals surface area contributed by atoms with Crippen molar-refractivity contribution in [2.45, 2.75) is 31.5 Å². The summed E-state index contributed by atoms with van der Waals surface area (Å²) in [4.78, 5) is 0. The Morgan fingerprint density at radius 2 is 1.40 bits per heavy atom. The van der Waals surface area contributed by atoms with Gasteiger partial charge in [0, 0.05) is 6.04 Å².